The molecule has 5 nitrogen and oxygen atoms in total. The molecule has 0 saturated carbocycles. The lowest BCUT2D eigenvalue weighted by molar-refractivity contribution is 0.222. The molecule has 2 N–H and O–H groups in total. The summed E-state index contributed by atoms with van der Waals surface area (Å²) in [4.78, 5) is 13.0. The Hall–Kier alpha value is -2.05. The van der Waals surface area contributed by atoms with Crippen LogP contribution in [0.1, 0.15) is 18.5 Å². The second-order valence-electron chi connectivity index (χ2n) is 5.43. The monoisotopic (exact) mass is 372 g/mol. The highest BCUT2D eigenvalue weighted by molar-refractivity contribution is 9.10. The predicted molar refractivity (Wildman–Crippen MR) is 94.1 cm³/mol. The Kier molecular flexibility index (Phi) is 4.83. The summed E-state index contributed by atoms with van der Waals surface area (Å²) in [5, 5.41) is 13.0. The molecule has 1 aromatic carbocycles. The molecule has 23 heavy (non-hydrogen) atoms. The third-order valence-corrected chi connectivity index (χ3v) is 4.25. The Labute approximate surface area is 143 Å². The average molecular weight is 373 g/mol. The van der Waals surface area contributed by atoms with Crippen LogP contribution in [-0.2, 0) is 0 Å². The maximum Gasteiger partial charge on any atom is 0.180 e. The predicted octanol–water partition coefficient (Wildman–Crippen LogP) is 3.57. The van der Waals surface area contributed by atoms with Crippen LogP contribution in [0.15, 0.2) is 53.3 Å². The number of aliphatic hydroxyl groups is 1. The lowest BCUT2D eigenvalue weighted by Gasteiger charge is -2.25. The molecule has 2 heterocycles. The Morgan fingerprint density at radius 1 is 1.09 bits per heavy atom. The number of hydrogen-bond donors (Lipinski definition) is 2. The summed E-state index contributed by atoms with van der Waals surface area (Å²) in [5.41, 5.74) is 2.45. The summed E-state index contributed by atoms with van der Waals surface area (Å²) in [6.07, 6.45) is 3.28. The number of anilines is 1. The van der Waals surface area contributed by atoms with E-state index < -0.39 is 0 Å². The smallest absolute Gasteiger partial charge is 0.180 e. The zero-order chi connectivity index (χ0) is 16.2. The van der Waals surface area contributed by atoms with Gasteiger partial charge in [-0.1, -0.05) is 35.0 Å². The molecule has 0 radical (unpaired) electrons. The van der Waals surface area contributed by atoms with Crippen LogP contribution in [0.25, 0.3) is 11.2 Å². The number of benzene rings is 1. The van der Waals surface area contributed by atoms with Crippen molar-refractivity contribution in [2.45, 2.75) is 13.0 Å². The van der Waals surface area contributed by atoms with Crippen LogP contribution >= 0.6 is 15.9 Å². The lowest BCUT2D eigenvalue weighted by atomic mass is 9.95. The fourth-order valence-electron chi connectivity index (χ4n) is 2.42. The first-order chi connectivity index (χ1) is 11.2. The molecule has 2 atom stereocenters. The van der Waals surface area contributed by atoms with Crippen LogP contribution in [0, 0.1) is 5.92 Å². The van der Waals surface area contributed by atoms with E-state index in [1.54, 1.807) is 12.4 Å². The number of nitrogens with zero attached hydrogens (tertiary/aromatic N) is 3. The topological polar surface area (TPSA) is 70.9 Å². The highest BCUT2D eigenvalue weighted by atomic mass is 79.9. The van der Waals surface area contributed by atoms with Gasteiger partial charge in [-0.3, -0.25) is 4.98 Å². The molecule has 0 fully saturated rings. The second kappa shape index (κ2) is 7.02. The van der Waals surface area contributed by atoms with Crippen molar-refractivity contribution in [1.82, 2.24) is 15.0 Å². The van der Waals surface area contributed by atoms with Crippen LogP contribution in [-0.4, -0.2) is 26.7 Å². The van der Waals surface area contributed by atoms with Crippen LogP contribution in [0.4, 0.5) is 5.82 Å². The Balaban J connectivity index is 1.91. The fourth-order valence-corrected chi connectivity index (χ4v) is 2.69. The summed E-state index contributed by atoms with van der Waals surface area (Å²) in [6, 6.07) is 11.8. The van der Waals surface area contributed by atoms with Crippen molar-refractivity contribution in [2.24, 2.45) is 5.92 Å². The standard InChI is InChI=1S/C17H17BrN4O/c1-11(10-23)16(12-2-4-13(18)5-3-12)21-15-7-6-14-17(22-15)20-9-8-19-14/h2-9,11,16,23H,10H2,1H3,(H,20,21,22)/t11-,16+/m0/s1. The minimum Gasteiger partial charge on any atom is -0.396 e. The van der Waals surface area contributed by atoms with E-state index in [0.717, 1.165) is 15.6 Å². The second-order valence-corrected chi connectivity index (χ2v) is 6.34. The van der Waals surface area contributed by atoms with Gasteiger partial charge < -0.3 is 10.4 Å². The molecule has 118 valence electrons. The van der Waals surface area contributed by atoms with Gasteiger partial charge in [-0.15, -0.1) is 0 Å². The van der Waals surface area contributed by atoms with Crippen LogP contribution in [0.5, 0.6) is 0 Å². The molecule has 0 aliphatic heterocycles. The normalized spacial score (nSPS) is 13.7. The van der Waals surface area contributed by atoms with E-state index in [-0.39, 0.29) is 18.6 Å². The van der Waals surface area contributed by atoms with Crippen molar-refractivity contribution in [3.05, 3.63) is 58.8 Å². The van der Waals surface area contributed by atoms with E-state index >= 15 is 0 Å². The number of hydrogen-bond acceptors (Lipinski definition) is 5. The van der Waals surface area contributed by atoms with E-state index in [0.29, 0.717) is 11.5 Å². The van der Waals surface area contributed by atoms with Crippen molar-refractivity contribution in [3.8, 4) is 0 Å². The molecular formula is C17H17BrN4O. The van der Waals surface area contributed by atoms with Crippen molar-refractivity contribution >= 4 is 32.9 Å². The summed E-state index contributed by atoms with van der Waals surface area (Å²) in [5.74, 6) is 0.752. The summed E-state index contributed by atoms with van der Waals surface area (Å²) >= 11 is 3.45. The van der Waals surface area contributed by atoms with E-state index in [4.69, 9.17) is 0 Å². The summed E-state index contributed by atoms with van der Waals surface area (Å²) in [6.45, 7) is 2.09. The third kappa shape index (κ3) is 3.65. The van der Waals surface area contributed by atoms with Crippen molar-refractivity contribution < 1.29 is 5.11 Å². The van der Waals surface area contributed by atoms with Gasteiger partial charge in [0.05, 0.1) is 6.04 Å². The van der Waals surface area contributed by atoms with Gasteiger partial charge in [0, 0.05) is 29.4 Å². The van der Waals surface area contributed by atoms with Crippen LogP contribution < -0.4 is 5.32 Å². The first-order valence-corrected chi connectivity index (χ1v) is 8.17. The maximum absolute atomic E-state index is 9.58. The number of fused-ring (bicyclic) bond motifs is 1. The zero-order valence-corrected chi connectivity index (χ0v) is 14.2. The van der Waals surface area contributed by atoms with Gasteiger partial charge in [0.1, 0.15) is 11.3 Å². The molecule has 0 bridgehead atoms. The minimum atomic E-state index is -0.0466. The minimum absolute atomic E-state index is 0.0375. The van der Waals surface area contributed by atoms with Gasteiger partial charge in [0.25, 0.3) is 0 Å². The van der Waals surface area contributed by atoms with Crippen LogP contribution in [0.2, 0.25) is 0 Å². The molecule has 0 spiro atoms. The Bertz CT molecular complexity index is 794. The highest BCUT2D eigenvalue weighted by Crippen LogP contribution is 2.27. The number of halogens is 1. The van der Waals surface area contributed by atoms with Gasteiger partial charge in [-0.2, -0.15) is 0 Å². The van der Waals surface area contributed by atoms with E-state index in [1.165, 1.54) is 0 Å². The molecule has 0 unspecified atom stereocenters. The Morgan fingerprint density at radius 2 is 1.83 bits per heavy atom. The average Bonchev–Trinajstić information content (AvgIpc) is 2.60. The molecule has 3 aromatic rings. The quantitative estimate of drug-likeness (QED) is 0.716. The number of rotatable bonds is 5. The summed E-state index contributed by atoms with van der Waals surface area (Å²) < 4.78 is 1.02. The molecule has 6 heteroatoms. The molecule has 0 aliphatic rings. The van der Waals surface area contributed by atoms with E-state index in [1.807, 2.05) is 43.3 Å². The largest absolute Gasteiger partial charge is 0.396 e. The van der Waals surface area contributed by atoms with E-state index in [2.05, 4.69) is 36.2 Å². The molecule has 0 saturated heterocycles. The van der Waals surface area contributed by atoms with Gasteiger partial charge in [-0.05, 0) is 29.8 Å². The van der Waals surface area contributed by atoms with Gasteiger partial charge >= 0.3 is 0 Å². The molecule has 0 aliphatic carbocycles. The fraction of sp³-hybridized carbons (Fsp3) is 0.235. The number of aliphatic hydroxyl groups excluding tert-OH is 1. The van der Waals surface area contributed by atoms with E-state index in [9.17, 15) is 5.11 Å². The maximum atomic E-state index is 9.58. The number of aromatic nitrogens is 3. The first kappa shape index (κ1) is 15.8. The van der Waals surface area contributed by atoms with Crippen molar-refractivity contribution in [3.63, 3.8) is 0 Å². The molecule has 2 aromatic heterocycles. The lowest BCUT2D eigenvalue weighted by Crippen LogP contribution is -2.22. The van der Waals surface area contributed by atoms with Crippen molar-refractivity contribution in [2.75, 3.05) is 11.9 Å². The van der Waals surface area contributed by atoms with Gasteiger partial charge in [-0.25, -0.2) is 9.97 Å². The highest BCUT2D eigenvalue weighted by Gasteiger charge is 2.19. The van der Waals surface area contributed by atoms with Gasteiger partial charge in [0.2, 0.25) is 0 Å². The zero-order valence-electron chi connectivity index (χ0n) is 12.6. The Morgan fingerprint density at radius 3 is 2.57 bits per heavy atom. The third-order valence-electron chi connectivity index (χ3n) is 3.72. The van der Waals surface area contributed by atoms with Crippen molar-refractivity contribution in [1.29, 1.82) is 0 Å². The number of pyridine rings is 1. The first-order valence-electron chi connectivity index (χ1n) is 7.38. The van der Waals surface area contributed by atoms with Crippen LogP contribution in [0.3, 0.4) is 0 Å². The molecule has 3 rings (SSSR count). The number of nitrogens with one attached hydrogen (secondary N) is 1. The summed E-state index contributed by atoms with van der Waals surface area (Å²) in [7, 11) is 0. The molecule has 0 amide bonds. The molecular weight excluding hydrogens is 356 g/mol. The SMILES string of the molecule is C[C@@H](CO)[C@@H](Nc1ccc2nccnc2n1)c1ccc(Br)cc1. The van der Waals surface area contributed by atoms with Gasteiger partial charge in [0.15, 0.2) is 5.65 Å².